The zero-order valence-electron chi connectivity index (χ0n) is 23.1. The molecule has 212 valence electrons. The van der Waals surface area contributed by atoms with Crippen molar-refractivity contribution in [2.24, 2.45) is 5.92 Å². The summed E-state index contributed by atoms with van der Waals surface area (Å²) < 4.78 is 51.7. The molecule has 2 atom stereocenters. The van der Waals surface area contributed by atoms with Gasteiger partial charge in [0.2, 0.25) is 0 Å². The summed E-state index contributed by atoms with van der Waals surface area (Å²) in [5.74, 6) is -4.27. The fraction of sp³-hybridized carbons (Fsp3) is 0.379. The minimum Gasteiger partial charge on any atom is -0.465 e. The summed E-state index contributed by atoms with van der Waals surface area (Å²) in [6.07, 6.45) is -4.64. The monoisotopic (exact) mass is 571 g/mol. The number of esters is 2. The van der Waals surface area contributed by atoms with E-state index in [1.54, 1.807) is 19.1 Å². The minimum atomic E-state index is -4.64. The van der Waals surface area contributed by atoms with Crippen molar-refractivity contribution >= 4 is 31.5 Å². The maximum atomic E-state index is 13.7. The van der Waals surface area contributed by atoms with Gasteiger partial charge >= 0.3 is 18.1 Å². The van der Waals surface area contributed by atoms with Crippen LogP contribution in [0.2, 0.25) is 25.7 Å². The van der Waals surface area contributed by atoms with Gasteiger partial charge in [-0.15, -0.1) is 0 Å². The molecule has 2 aromatic carbocycles. The van der Waals surface area contributed by atoms with Crippen molar-refractivity contribution in [2.45, 2.75) is 51.6 Å². The van der Waals surface area contributed by atoms with Crippen LogP contribution in [0.4, 0.5) is 18.9 Å². The molecule has 0 aromatic heterocycles. The molecule has 40 heavy (non-hydrogen) atoms. The summed E-state index contributed by atoms with van der Waals surface area (Å²) in [7, 11) is -1.59. The average molecular weight is 572 g/mol. The number of anilines is 1. The summed E-state index contributed by atoms with van der Waals surface area (Å²) in [4.78, 5) is 28.2. The lowest BCUT2D eigenvalue weighted by Crippen LogP contribution is -2.48. The van der Waals surface area contributed by atoms with E-state index in [1.807, 2.05) is 6.07 Å². The van der Waals surface area contributed by atoms with Crippen LogP contribution in [-0.4, -0.2) is 39.1 Å². The van der Waals surface area contributed by atoms with Crippen molar-refractivity contribution in [1.82, 2.24) is 0 Å². The molecule has 0 spiro atoms. The number of halogens is 3. The van der Waals surface area contributed by atoms with Gasteiger partial charge < -0.3 is 14.4 Å². The zero-order valence-corrected chi connectivity index (χ0v) is 24.1. The second-order valence-electron chi connectivity index (χ2n) is 10.7. The topological polar surface area (TPSA) is 103 Å². The van der Waals surface area contributed by atoms with Crippen molar-refractivity contribution in [3.05, 3.63) is 76.5 Å². The molecule has 0 aliphatic carbocycles. The molecule has 7 nitrogen and oxygen atoms in total. The summed E-state index contributed by atoms with van der Waals surface area (Å²) in [6, 6.07) is 13.3. The maximum absolute atomic E-state index is 13.7. The van der Waals surface area contributed by atoms with Crippen molar-refractivity contribution in [1.29, 1.82) is 10.7 Å². The summed E-state index contributed by atoms with van der Waals surface area (Å²) >= 11 is 0. The van der Waals surface area contributed by atoms with Gasteiger partial charge in [0.05, 0.1) is 36.0 Å². The predicted octanol–water partition coefficient (Wildman–Crippen LogP) is 6.49. The molecule has 2 unspecified atom stereocenters. The number of hydrogen-bond donors (Lipinski definition) is 1. The van der Waals surface area contributed by atoms with Crippen molar-refractivity contribution in [3.8, 4) is 6.07 Å². The number of alkyl halides is 3. The Bertz CT molecular complexity index is 1360. The van der Waals surface area contributed by atoms with Crippen molar-refractivity contribution in [3.63, 3.8) is 0 Å². The van der Waals surface area contributed by atoms with Gasteiger partial charge in [0, 0.05) is 25.4 Å². The molecule has 2 aromatic rings. The quantitative estimate of drug-likeness (QED) is 0.287. The first kappa shape index (κ1) is 30.6. The van der Waals surface area contributed by atoms with E-state index in [2.05, 4.69) is 19.6 Å². The van der Waals surface area contributed by atoms with Crippen LogP contribution < -0.4 is 4.90 Å². The molecule has 0 saturated heterocycles. The van der Waals surface area contributed by atoms with Gasteiger partial charge in [0.15, 0.2) is 0 Å². The number of allylic oxidation sites excluding steroid dienone is 1. The molecule has 0 bridgehead atoms. The molecule has 1 N–H and O–H groups in total. The Morgan fingerprint density at radius 2 is 1.75 bits per heavy atom. The first-order valence-corrected chi connectivity index (χ1v) is 16.5. The number of carbonyl (C=O) groups excluding carboxylic acids is 2. The van der Waals surface area contributed by atoms with Gasteiger partial charge in [-0.2, -0.15) is 18.4 Å². The standard InChI is InChI=1S/C29H32F3N3O4Si/c1-6-38-27(36)23-18(2)35(22-9-7-8-21(16-22)29(30,31)32)26(34)25(28(37)39-14-15-40(3,4)5)24(23)20-12-10-19(17-33)11-13-20/h7-13,16,24-25,34H,6,14-15H2,1-5H3. The zero-order chi connectivity index (χ0) is 29.8. The molecule has 1 aliphatic heterocycles. The molecular formula is C29H32F3N3O4Si. The van der Waals surface area contributed by atoms with Gasteiger partial charge in [-0.05, 0) is 55.8 Å². The number of carbonyl (C=O) groups is 2. The third kappa shape index (κ3) is 6.80. The van der Waals surface area contributed by atoms with Crippen LogP contribution in [0, 0.1) is 22.7 Å². The molecule has 0 saturated carbocycles. The van der Waals surface area contributed by atoms with E-state index >= 15 is 0 Å². The third-order valence-electron chi connectivity index (χ3n) is 6.58. The normalized spacial score (nSPS) is 17.9. The molecule has 3 rings (SSSR count). The number of nitrogens with zero attached hydrogens (tertiary/aromatic N) is 2. The number of ether oxygens (including phenoxy) is 2. The highest BCUT2D eigenvalue weighted by atomic mass is 28.3. The highest BCUT2D eigenvalue weighted by molar-refractivity contribution is 6.76. The predicted molar refractivity (Wildman–Crippen MR) is 147 cm³/mol. The van der Waals surface area contributed by atoms with E-state index in [1.165, 1.54) is 36.1 Å². The van der Waals surface area contributed by atoms with E-state index in [9.17, 15) is 28.0 Å². The van der Waals surface area contributed by atoms with Gasteiger partial charge in [-0.25, -0.2) is 4.79 Å². The van der Waals surface area contributed by atoms with Crippen LogP contribution in [0.3, 0.4) is 0 Å². The Morgan fingerprint density at radius 3 is 2.30 bits per heavy atom. The van der Waals surface area contributed by atoms with E-state index in [0.29, 0.717) is 17.2 Å². The van der Waals surface area contributed by atoms with E-state index < -0.39 is 43.6 Å². The van der Waals surface area contributed by atoms with Crippen LogP contribution >= 0.6 is 0 Å². The van der Waals surface area contributed by atoms with E-state index in [-0.39, 0.29) is 36.0 Å². The number of nitriles is 1. The Kier molecular flexibility index (Phi) is 9.25. The molecule has 1 heterocycles. The highest BCUT2D eigenvalue weighted by Gasteiger charge is 2.48. The molecule has 0 fully saturated rings. The smallest absolute Gasteiger partial charge is 0.416 e. The Morgan fingerprint density at radius 1 is 1.10 bits per heavy atom. The number of hydrogen-bond acceptors (Lipinski definition) is 6. The lowest BCUT2D eigenvalue weighted by molar-refractivity contribution is -0.146. The summed E-state index contributed by atoms with van der Waals surface area (Å²) in [5.41, 5.74) is 0.0225. The number of rotatable bonds is 8. The Labute approximate surface area is 232 Å². The first-order valence-electron chi connectivity index (χ1n) is 12.8. The van der Waals surface area contributed by atoms with Crippen LogP contribution in [0.1, 0.15) is 36.5 Å². The van der Waals surface area contributed by atoms with Crippen LogP contribution in [-0.2, 0) is 25.2 Å². The molecule has 1 aliphatic rings. The minimum absolute atomic E-state index is 0.0159. The summed E-state index contributed by atoms with van der Waals surface area (Å²) in [5, 5.41) is 18.3. The largest absolute Gasteiger partial charge is 0.465 e. The van der Waals surface area contributed by atoms with Gasteiger partial charge in [0.1, 0.15) is 11.8 Å². The number of benzene rings is 2. The van der Waals surface area contributed by atoms with E-state index in [4.69, 9.17) is 14.9 Å². The van der Waals surface area contributed by atoms with Crippen LogP contribution in [0.15, 0.2) is 59.8 Å². The molecular weight excluding hydrogens is 539 g/mol. The maximum Gasteiger partial charge on any atom is 0.416 e. The molecule has 0 radical (unpaired) electrons. The Balaban J connectivity index is 2.24. The van der Waals surface area contributed by atoms with Gasteiger partial charge in [-0.3, -0.25) is 10.2 Å². The Hall–Kier alpha value is -3.91. The van der Waals surface area contributed by atoms with Gasteiger partial charge in [-0.1, -0.05) is 37.8 Å². The van der Waals surface area contributed by atoms with Crippen molar-refractivity contribution < 1.29 is 32.2 Å². The fourth-order valence-corrected chi connectivity index (χ4v) is 5.26. The fourth-order valence-electron chi connectivity index (χ4n) is 4.55. The van der Waals surface area contributed by atoms with Crippen molar-refractivity contribution in [2.75, 3.05) is 18.1 Å². The first-order chi connectivity index (χ1) is 18.7. The number of nitrogens with one attached hydrogen (secondary N) is 1. The second-order valence-corrected chi connectivity index (χ2v) is 16.3. The lowest BCUT2D eigenvalue weighted by atomic mass is 9.75. The van der Waals surface area contributed by atoms with Crippen LogP contribution in [0.25, 0.3) is 0 Å². The third-order valence-corrected chi connectivity index (χ3v) is 8.29. The molecule has 11 heteroatoms. The second kappa shape index (κ2) is 12.1. The lowest BCUT2D eigenvalue weighted by Gasteiger charge is -2.40. The average Bonchev–Trinajstić information content (AvgIpc) is 2.87. The van der Waals surface area contributed by atoms with Crippen LogP contribution in [0.5, 0.6) is 0 Å². The molecule has 0 amide bonds. The van der Waals surface area contributed by atoms with Gasteiger partial charge in [0.25, 0.3) is 0 Å². The summed E-state index contributed by atoms with van der Waals surface area (Å²) in [6.45, 7) is 9.59. The number of amidine groups is 1. The van der Waals surface area contributed by atoms with E-state index in [0.717, 1.165) is 12.1 Å². The highest BCUT2D eigenvalue weighted by Crippen LogP contribution is 2.44. The SMILES string of the molecule is CCOC(=O)C1=C(C)N(c2cccc(C(F)(F)F)c2)C(=N)C(C(=O)OCC[Si](C)(C)C)C1c1ccc(C#N)cc1.